The molecule has 0 N–H and O–H groups in total. The van der Waals surface area contributed by atoms with E-state index in [1.54, 1.807) is 0 Å². The van der Waals surface area contributed by atoms with Crippen LogP contribution in [0.25, 0.3) is 21.7 Å². The molecule has 1 heterocycles. The fraction of sp³-hybridized carbons (Fsp3) is 0.0952. The van der Waals surface area contributed by atoms with E-state index >= 15 is 0 Å². The minimum absolute atomic E-state index is 0.384. The molecule has 0 unspecified atom stereocenters. The summed E-state index contributed by atoms with van der Waals surface area (Å²) in [5.74, 6) is 0.672. The molecule has 0 spiro atoms. The standard InChI is InChI=1S/C21H15ClO3/c1-13-19(10-9-17-18(22)11-20(23)25-21(13)17)24-12-15-7-4-6-14-5-2-3-8-16(14)15/h2-11H,12H2,1H3. The van der Waals surface area contributed by atoms with Crippen molar-refractivity contribution >= 4 is 33.3 Å². The lowest BCUT2D eigenvalue weighted by Gasteiger charge is -2.12. The average Bonchev–Trinajstić information content (AvgIpc) is 2.61. The summed E-state index contributed by atoms with van der Waals surface area (Å²) in [4.78, 5) is 11.6. The van der Waals surface area contributed by atoms with Gasteiger partial charge in [0.25, 0.3) is 0 Å². The number of halogens is 1. The van der Waals surface area contributed by atoms with Crippen LogP contribution in [0.15, 0.2) is 69.9 Å². The van der Waals surface area contributed by atoms with Crippen LogP contribution in [0.5, 0.6) is 5.75 Å². The monoisotopic (exact) mass is 350 g/mol. The summed E-state index contributed by atoms with van der Waals surface area (Å²) in [5, 5.41) is 3.43. The number of aryl methyl sites for hydroxylation is 1. The van der Waals surface area contributed by atoms with Gasteiger partial charge in [-0.25, -0.2) is 4.79 Å². The van der Waals surface area contributed by atoms with Gasteiger partial charge >= 0.3 is 5.63 Å². The highest BCUT2D eigenvalue weighted by Gasteiger charge is 2.11. The fourth-order valence-electron chi connectivity index (χ4n) is 3.03. The molecule has 3 nitrogen and oxygen atoms in total. The molecule has 0 radical (unpaired) electrons. The lowest BCUT2D eigenvalue weighted by molar-refractivity contribution is 0.305. The summed E-state index contributed by atoms with van der Waals surface area (Å²) in [6.07, 6.45) is 0. The summed E-state index contributed by atoms with van der Waals surface area (Å²) in [7, 11) is 0. The zero-order valence-electron chi connectivity index (χ0n) is 13.6. The van der Waals surface area contributed by atoms with Crippen molar-refractivity contribution in [3.63, 3.8) is 0 Å². The average molecular weight is 351 g/mol. The van der Waals surface area contributed by atoms with Gasteiger partial charge in [-0.05, 0) is 35.4 Å². The second-order valence-electron chi connectivity index (χ2n) is 5.91. The van der Waals surface area contributed by atoms with E-state index in [-0.39, 0.29) is 0 Å². The molecular formula is C21H15ClO3. The topological polar surface area (TPSA) is 39.4 Å². The summed E-state index contributed by atoms with van der Waals surface area (Å²) >= 11 is 6.12. The van der Waals surface area contributed by atoms with Crippen molar-refractivity contribution in [3.8, 4) is 5.75 Å². The van der Waals surface area contributed by atoms with Crippen molar-refractivity contribution in [1.29, 1.82) is 0 Å². The Hall–Kier alpha value is -2.78. The first-order chi connectivity index (χ1) is 12.1. The molecule has 3 aromatic carbocycles. The third-order valence-electron chi connectivity index (χ3n) is 4.32. The maximum Gasteiger partial charge on any atom is 0.337 e. The van der Waals surface area contributed by atoms with E-state index in [1.165, 1.54) is 11.5 Å². The number of hydrogen-bond acceptors (Lipinski definition) is 3. The summed E-state index contributed by atoms with van der Waals surface area (Å²) < 4.78 is 11.3. The van der Waals surface area contributed by atoms with Gasteiger partial charge in [0.1, 0.15) is 17.9 Å². The second kappa shape index (κ2) is 6.26. The van der Waals surface area contributed by atoms with Crippen LogP contribution in [0.4, 0.5) is 0 Å². The predicted molar refractivity (Wildman–Crippen MR) is 101 cm³/mol. The smallest absolute Gasteiger partial charge is 0.337 e. The molecule has 0 aliphatic heterocycles. The molecule has 0 aliphatic rings. The number of fused-ring (bicyclic) bond motifs is 2. The molecule has 0 fully saturated rings. The summed E-state index contributed by atoms with van der Waals surface area (Å²) in [6.45, 7) is 2.29. The Balaban J connectivity index is 1.71. The lowest BCUT2D eigenvalue weighted by Crippen LogP contribution is -2.01. The molecule has 25 heavy (non-hydrogen) atoms. The van der Waals surface area contributed by atoms with E-state index in [1.807, 2.05) is 37.3 Å². The molecule has 4 rings (SSSR count). The van der Waals surface area contributed by atoms with Crippen LogP contribution in [-0.2, 0) is 6.61 Å². The van der Waals surface area contributed by atoms with Gasteiger partial charge < -0.3 is 9.15 Å². The van der Waals surface area contributed by atoms with Crippen molar-refractivity contribution in [3.05, 3.63) is 87.2 Å². The summed E-state index contributed by atoms with van der Waals surface area (Å²) in [6, 6.07) is 19.3. The van der Waals surface area contributed by atoms with Crippen molar-refractivity contribution in [2.24, 2.45) is 0 Å². The number of ether oxygens (including phenoxy) is 1. The van der Waals surface area contributed by atoms with Gasteiger partial charge in [0.05, 0.1) is 5.02 Å². The van der Waals surface area contributed by atoms with E-state index in [0.29, 0.717) is 28.3 Å². The Kier molecular flexibility index (Phi) is 3.94. The van der Waals surface area contributed by atoms with Crippen LogP contribution in [0.2, 0.25) is 5.02 Å². The minimum atomic E-state index is -0.466. The predicted octanol–water partition coefficient (Wildman–Crippen LogP) is 5.49. The fourth-order valence-corrected chi connectivity index (χ4v) is 3.27. The van der Waals surface area contributed by atoms with Gasteiger partial charge in [-0.1, -0.05) is 54.1 Å². The van der Waals surface area contributed by atoms with Gasteiger partial charge in [-0.3, -0.25) is 0 Å². The molecule has 0 atom stereocenters. The molecule has 4 heteroatoms. The first-order valence-electron chi connectivity index (χ1n) is 7.96. The summed E-state index contributed by atoms with van der Waals surface area (Å²) in [5.41, 5.74) is 1.86. The lowest BCUT2D eigenvalue weighted by atomic mass is 10.1. The number of benzene rings is 3. The van der Waals surface area contributed by atoms with E-state index in [2.05, 4.69) is 24.3 Å². The highest BCUT2D eigenvalue weighted by Crippen LogP contribution is 2.31. The maximum absolute atomic E-state index is 11.6. The largest absolute Gasteiger partial charge is 0.488 e. The van der Waals surface area contributed by atoms with Gasteiger partial charge in [-0.15, -0.1) is 0 Å². The molecule has 0 saturated heterocycles. The third-order valence-corrected chi connectivity index (χ3v) is 4.64. The van der Waals surface area contributed by atoms with Crippen LogP contribution in [0.3, 0.4) is 0 Å². The van der Waals surface area contributed by atoms with E-state index in [9.17, 15) is 4.79 Å². The second-order valence-corrected chi connectivity index (χ2v) is 6.31. The molecule has 0 bridgehead atoms. The van der Waals surface area contributed by atoms with Crippen molar-refractivity contribution in [2.75, 3.05) is 0 Å². The van der Waals surface area contributed by atoms with E-state index in [4.69, 9.17) is 20.8 Å². The first kappa shape index (κ1) is 15.7. The Morgan fingerprint density at radius 1 is 1.00 bits per heavy atom. The van der Waals surface area contributed by atoms with E-state index < -0.39 is 5.63 Å². The highest BCUT2D eigenvalue weighted by molar-refractivity contribution is 6.35. The zero-order chi connectivity index (χ0) is 17.4. The molecule has 1 aromatic heterocycles. The van der Waals surface area contributed by atoms with Crippen LogP contribution < -0.4 is 10.4 Å². The molecule has 0 amide bonds. The molecule has 0 aliphatic carbocycles. The Bertz CT molecular complexity index is 1140. The van der Waals surface area contributed by atoms with Crippen molar-refractivity contribution in [1.82, 2.24) is 0 Å². The van der Waals surface area contributed by atoms with Crippen LogP contribution >= 0.6 is 11.6 Å². The van der Waals surface area contributed by atoms with Gasteiger partial charge in [-0.2, -0.15) is 0 Å². The van der Waals surface area contributed by atoms with Gasteiger partial charge in [0, 0.05) is 17.0 Å². The highest BCUT2D eigenvalue weighted by atomic mass is 35.5. The molecular weight excluding hydrogens is 336 g/mol. The number of hydrogen-bond donors (Lipinski definition) is 0. The molecule has 4 aromatic rings. The molecule has 124 valence electrons. The van der Waals surface area contributed by atoms with Crippen molar-refractivity contribution < 1.29 is 9.15 Å². The maximum atomic E-state index is 11.6. The van der Waals surface area contributed by atoms with Crippen molar-refractivity contribution in [2.45, 2.75) is 13.5 Å². The number of rotatable bonds is 3. The normalized spacial score (nSPS) is 11.1. The Morgan fingerprint density at radius 2 is 1.80 bits per heavy atom. The van der Waals surface area contributed by atoms with Gasteiger partial charge in [0.15, 0.2) is 0 Å². The SMILES string of the molecule is Cc1c(OCc2cccc3ccccc23)ccc2c(Cl)cc(=O)oc12. The van der Waals surface area contributed by atoms with Crippen LogP contribution in [0.1, 0.15) is 11.1 Å². The van der Waals surface area contributed by atoms with E-state index in [0.717, 1.165) is 16.5 Å². The Labute approximate surface area is 149 Å². The zero-order valence-corrected chi connectivity index (χ0v) is 14.3. The third kappa shape index (κ3) is 2.87. The molecule has 0 saturated carbocycles. The van der Waals surface area contributed by atoms with Crippen LogP contribution in [0, 0.1) is 6.92 Å². The first-order valence-corrected chi connectivity index (χ1v) is 8.34. The van der Waals surface area contributed by atoms with Crippen LogP contribution in [-0.4, -0.2) is 0 Å². The van der Waals surface area contributed by atoms with Gasteiger partial charge in [0.2, 0.25) is 0 Å². The Morgan fingerprint density at radius 3 is 2.68 bits per heavy atom. The quantitative estimate of drug-likeness (QED) is 0.459. The minimum Gasteiger partial charge on any atom is -0.488 e.